The minimum Gasteiger partial charge on any atom is -0.496 e. The van der Waals surface area contributed by atoms with Gasteiger partial charge in [-0.05, 0) is 37.7 Å². The number of aromatic nitrogens is 1. The number of nitrogens with one attached hydrogen (secondary N) is 1. The zero-order chi connectivity index (χ0) is 15.4. The van der Waals surface area contributed by atoms with Gasteiger partial charge in [-0.2, -0.15) is 0 Å². The molecule has 0 bridgehead atoms. The maximum absolute atomic E-state index is 11.0. The molecule has 1 atom stereocenters. The zero-order valence-electron chi connectivity index (χ0n) is 12.4. The van der Waals surface area contributed by atoms with Crippen molar-refractivity contribution in [3.8, 4) is 5.75 Å². The summed E-state index contributed by atoms with van der Waals surface area (Å²) < 4.78 is 7.21. The monoisotopic (exact) mass is 289 g/mol. The highest BCUT2D eigenvalue weighted by Gasteiger charge is 2.13. The number of benzene rings is 1. The Morgan fingerprint density at radius 3 is 2.81 bits per heavy atom. The predicted octanol–water partition coefficient (Wildman–Crippen LogP) is 2.73. The lowest BCUT2D eigenvalue weighted by Gasteiger charge is -2.15. The maximum Gasteiger partial charge on any atom is 0.273 e. The molecular formula is C15H19N3O3. The van der Waals surface area contributed by atoms with Gasteiger partial charge >= 0.3 is 0 Å². The van der Waals surface area contributed by atoms with E-state index in [1.54, 1.807) is 6.07 Å². The number of methoxy groups -OCH3 is 1. The molecule has 0 spiro atoms. The molecule has 0 saturated heterocycles. The number of ether oxygens (including phenoxy) is 1. The summed E-state index contributed by atoms with van der Waals surface area (Å²) in [4.78, 5) is 10.6. The second-order valence-corrected chi connectivity index (χ2v) is 4.87. The van der Waals surface area contributed by atoms with E-state index in [1.165, 1.54) is 13.2 Å². The van der Waals surface area contributed by atoms with E-state index in [4.69, 9.17) is 4.74 Å². The summed E-state index contributed by atoms with van der Waals surface area (Å²) in [6, 6.07) is 9.04. The topological polar surface area (TPSA) is 69.3 Å². The highest BCUT2D eigenvalue weighted by molar-refractivity contribution is 5.43. The van der Waals surface area contributed by atoms with Crippen LogP contribution in [-0.2, 0) is 6.54 Å². The molecule has 21 heavy (non-hydrogen) atoms. The summed E-state index contributed by atoms with van der Waals surface area (Å²) in [5.74, 6) is 0.495. The van der Waals surface area contributed by atoms with Crippen molar-refractivity contribution < 1.29 is 9.66 Å². The van der Waals surface area contributed by atoms with Crippen LogP contribution < -0.4 is 10.1 Å². The summed E-state index contributed by atoms with van der Waals surface area (Å²) in [6.45, 7) is 2.63. The summed E-state index contributed by atoms with van der Waals surface area (Å²) in [7, 11) is 3.41. The van der Waals surface area contributed by atoms with Crippen molar-refractivity contribution in [2.45, 2.75) is 19.5 Å². The second-order valence-electron chi connectivity index (χ2n) is 4.87. The maximum atomic E-state index is 11.0. The van der Waals surface area contributed by atoms with E-state index in [2.05, 4.69) is 16.8 Å². The lowest BCUT2D eigenvalue weighted by atomic mass is 10.1. The number of nitrogens with zero attached hydrogens (tertiary/aromatic N) is 2. The third-order valence-corrected chi connectivity index (χ3v) is 3.49. The lowest BCUT2D eigenvalue weighted by Crippen LogP contribution is -2.17. The smallest absolute Gasteiger partial charge is 0.273 e. The van der Waals surface area contributed by atoms with Gasteiger partial charge in [0.15, 0.2) is 0 Å². The third kappa shape index (κ3) is 3.41. The molecule has 112 valence electrons. The number of nitro benzene ring substituents is 1. The van der Waals surface area contributed by atoms with E-state index in [0.717, 1.165) is 11.3 Å². The molecule has 0 amide bonds. The van der Waals surface area contributed by atoms with Gasteiger partial charge in [0.05, 0.1) is 18.1 Å². The zero-order valence-corrected chi connectivity index (χ0v) is 12.4. The minimum absolute atomic E-state index is 0.0414. The summed E-state index contributed by atoms with van der Waals surface area (Å²) in [6.07, 6.45) is 1.97. The van der Waals surface area contributed by atoms with Gasteiger partial charge in [0, 0.05) is 30.5 Å². The summed E-state index contributed by atoms with van der Waals surface area (Å²) >= 11 is 0. The number of non-ortho nitro benzene ring substituents is 1. The molecule has 1 aromatic heterocycles. The van der Waals surface area contributed by atoms with Gasteiger partial charge in [0.1, 0.15) is 5.75 Å². The van der Waals surface area contributed by atoms with Crippen molar-refractivity contribution in [3.05, 3.63) is 57.9 Å². The van der Waals surface area contributed by atoms with Gasteiger partial charge in [0.2, 0.25) is 0 Å². The Morgan fingerprint density at radius 2 is 2.19 bits per heavy atom. The minimum atomic E-state index is -0.404. The summed E-state index contributed by atoms with van der Waals surface area (Å²) in [5, 5.41) is 14.2. The highest BCUT2D eigenvalue weighted by Crippen LogP contribution is 2.24. The Kier molecular flexibility index (Phi) is 4.59. The van der Waals surface area contributed by atoms with Gasteiger partial charge < -0.3 is 14.6 Å². The van der Waals surface area contributed by atoms with Crippen LogP contribution in [-0.4, -0.2) is 23.6 Å². The van der Waals surface area contributed by atoms with Crippen LogP contribution in [0.4, 0.5) is 5.69 Å². The van der Waals surface area contributed by atoms with E-state index >= 15 is 0 Å². The van der Waals surface area contributed by atoms with Crippen molar-refractivity contribution in [2.75, 3.05) is 14.2 Å². The predicted molar refractivity (Wildman–Crippen MR) is 80.7 cm³/mol. The van der Waals surface area contributed by atoms with Crippen molar-refractivity contribution in [3.63, 3.8) is 0 Å². The molecule has 1 heterocycles. The Labute approximate surface area is 123 Å². The molecule has 0 fully saturated rings. The van der Waals surface area contributed by atoms with Crippen molar-refractivity contribution in [1.82, 2.24) is 9.88 Å². The first-order chi connectivity index (χ1) is 10.0. The quantitative estimate of drug-likeness (QED) is 0.655. The molecule has 0 aliphatic heterocycles. The number of hydrogen-bond donors (Lipinski definition) is 1. The number of nitro groups is 1. The van der Waals surface area contributed by atoms with E-state index < -0.39 is 4.92 Å². The van der Waals surface area contributed by atoms with Gasteiger partial charge in [-0.25, -0.2) is 0 Å². The molecule has 0 radical (unpaired) electrons. The van der Waals surface area contributed by atoms with E-state index in [1.807, 2.05) is 31.4 Å². The first-order valence-corrected chi connectivity index (χ1v) is 6.69. The molecule has 1 aromatic carbocycles. The number of hydrogen-bond acceptors (Lipinski definition) is 4. The molecule has 0 aliphatic carbocycles. The molecular weight excluding hydrogens is 270 g/mol. The van der Waals surface area contributed by atoms with E-state index in [0.29, 0.717) is 12.3 Å². The van der Waals surface area contributed by atoms with Crippen LogP contribution in [0.3, 0.4) is 0 Å². The van der Waals surface area contributed by atoms with Gasteiger partial charge in [-0.3, -0.25) is 10.1 Å². The third-order valence-electron chi connectivity index (χ3n) is 3.49. The Bertz CT molecular complexity index is 637. The first-order valence-electron chi connectivity index (χ1n) is 6.69. The van der Waals surface area contributed by atoms with Crippen molar-refractivity contribution in [2.24, 2.45) is 0 Å². The van der Waals surface area contributed by atoms with Crippen LogP contribution in [0.2, 0.25) is 0 Å². The van der Waals surface area contributed by atoms with Crippen LogP contribution in [0.15, 0.2) is 36.5 Å². The molecule has 1 unspecified atom stereocenters. The largest absolute Gasteiger partial charge is 0.496 e. The molecule has 6 nitrogen and oxygen atoms in total. The van der Waals surface area contributed by atoms with Gasteiger partial charge in [-0.15, -0.1) is 0 Å². The average molecular weight is 289 g/mol. The Hall–Kier alpha value is -2.34. The van der Waals surface area contributed by atoms with Crippen LogP contribution in [0.25, 0.3) is 0 Å². The van der Waals surface area contributed by atoms with Crippen LogP contribution in [0.1, 0.15) is 24.2 Å². The average Bonchev–Trinajstić information content (AvgIpc) is 2.94. The van der Waals surface area contributed by atoms with E-state index in [-0.39, 0.29) is 11.7 Å². The molecule has 1 N–H and O–H groups in total. The molecule has 2 rings (SSSR count). The van der Waals surface area contributed by atoms with Crippen molar-refractivity contribution >= 4 is 5.69 Å². The van der Waals surface area contributed by atoms with Crippen LogP contribution >= 0.6 is 0 Å². The standard InChI is InChI=1S/C15H19N3O3/c1-11(16-2)15-5-4-6-17(15)10-12-7-13(18(19)20)9-14(8-12)21-3/h4-9,11,16H,10H2,1-3H3. The lowest BCUT2D eigenvalue weighted by molar-refractivity contribution is -0.385. The molecule has 2 aromatic rings. The van der Waals surface area contributed by atoms with Gasteiger partial charge in [-0.1, -0.05) is 0 Å². The fourth-order valence-electron chi connectivity index (χ4n) is 2.27. The fourth-order valence-corrected chi connectivity index (χ4v) is 2.27. The Morgan fingerprint density at radius 1 is 1.43 bits per heavy atom. The molecule has 0 aliphatic rings. The van der Waals surface area contributed by atoms with Crippen LogP contribution in [0, 0.1) is 10.1 Å². The van der Waals surface area contributed by atoms with Crippen LogP contribution in [0.5, 0.6) is 5.75 Å². The SMILES string of the molecule is CNC(C)c1cccn1Cc1cc(OC)cc([N+](=O)[O-])c1. The van der Waals surface area contributed by atoms with E-state index in [9.17, 15) is 10.1 Å². The first kappa shape index (κ1) is 15.1. The highest BCUT2D eigenvalue weighted by atomic mass is 16.6. The number of rotatable bonds is 6. The second kappa shape index (κ2) is 6.41. The van der Waals surface area contributed by atoms with Gasteiger partial charge in [0.25, 0.3) is 5.69 Å². The Balaban J connectivity index is 2.33. The fraction of sp³-hybridized carbons (Fsp3) is 0.333. The summed E-state index contributed by atoms with van der Waals surface area (Å²) in [5.41, 5.74) is 2.00. The van der Waals surface area contributed by atoms with Crippen molar-refractivity contribution in [1.29, 1.82) is 0 Å². The normalized spacial score (nSPS) is 12.1. The molecule has 0 saturated carbocycles. The molecule has 6 heteroatoms.